The van der Waals surface area contributed by atoms with Crippen molar-refractivity contribution in [2.45, 2.75) is 17.5 Å². The van der Waals surface area contributed by atoms with Gasteiger partial charge >= 0.3 is 6.18 Å². The Labute approximate surface area is 153 Å². The predicted octanol–water partition coefficient (Wildman–Crippen LogP) is 2.85. The standard InChI is InChI=1S/C17H14F3N3O3S/c18-17(19,20)11-22-16(24)13-3-7-15(8-4-13)27(25,26)23-14-5-1-12(2-6-14)9-10-21/h1-8,23H,9,11H2,(H,22,24). The molecule has 2 aromatic rings. The number of benzene rings is 2. The lowest BCUT2D eigenvalue weighted by atomic mass is 10.1. The summed E-state index contributed by atoms with van der Waals surface area (Å²) >= 11 is 0. The molecule has 0 bridgehead atoms. The highest BCUT2D eigenvalue weighted by atomic mass is 32.2. The first kappa shape index (κ1) is 20.3. The van der Waals surface area contributed by atoms with Gasteiger partial charge in [0.2, 0.25) is 0 Å². The van der Waals surface area contributed by atoms with Crippen LogP contribution in [0.5, 0.6) is 0 Å². The molecule has 6 nitrogen and oxygen atoms in total. The molecule has 0 atom stereocenters. The summed E-state index contributed by atoms with van der Waals surface area (Å²) in [6.07, 6.45) is -4.34. The second kappa shape index (κ2) is 8.09. The number of carbonyl (C=O) groups excluding carboxylic acids is 1. The topological polar surface area (TPSA) is 99.1 Å². The number of sulfonamides is 1. The van der Waals surface area contributed by atoms with Crippen molar-refractivity contribution in [2.24, 2.45) is 0 Å². The average Bonchev–Trinajstić information content (AvgIpc) is 2.61. The molecule has 2 N–H and O–H groups in total. The quantitative estimate of drug-likeness (QED) is 0.783. The van der Waals surface area contributed by atoms with Crippen LogP contribution in [0.2, 0.25) is 0 Å². The molecule has 0 aliphatic heterocycles. The normalized spacial score (nSPS) is 11.5. The number of nitrogens with one attached hydrogen (secondary N) is 2. The minimum atomic E-state index is -4.54. The lowest BCUT2D eigenvalue weighted by Crippen LogP contribution is -2.33. The van der Waals surface area contributed by atoms with Crippen LogP contribution in [0.3, 0.4) is 0 Å². The number of hydrogen-bond donors (Lipinski definition) is 2. The Balaban J connectivity index is 2.08. The van der Waals surface area contributed by atoms with Gasteiger partial charge in [0.1, 0.15) is 6.54 Å². The van der Waals surface area contributed by atoms with E-state index in [1.807, 2.05) is 6.07 Å². The summed E-state index contributed by atoms with van der Waals surface area (Å²) < 4.78 is 63.3. The van der Waals surface area contributed by atoms with E-state index in [1.54, 1.807) is 17.4 Å². The zero-order chi connectivity index (χ0) is 20.1. The number of anilines is 1. The van der Waals surface area contributed by atoms with Crippen molar-refractivity contribution < 1.29 is 26.4 Å². The van der Waals surface area contributed by atoms with Crippen LogP contribution in [0.25, 0.3) is 0 Å². The van der Waals surface area contributed by atoms with Crippen molar-refractivity contribution in [3.63, 3.8) is 0 Å². The monoisotopic (exact) mass is 397 g/mol. The highest BCUT2D eigenvalue weighted by Crippen LogP contribution is 2.18. The zero-order valence-corrected chi connectivity index (χ0v) is 14.6. The van der Waals surface area contributed by atoms with Gasteiger partial charge in [-0.25, -0.2) is 8.42 Å². The zero-order valence-electron chi connectivity index (χ0n) is 13.7. The highest BCUT2D eigenvalue weighted by Gasteiger charge is 2.28. The first-order valence-electron chi connectivity index (χ1n) is 7.54. The summed E-state index contributed by atoms with van der Waals surface area (Å²) in [5, 5.41) is 10.3. The Bertz CT molecular complexity index is 948. The van der Waals surface area contributed by atoms with Gasteiger partial charge in [-0.15, -0.1) is 0 Å². The predicted molar refractivity (Wildman–Crippen MR) is 91.4 cm³/mol. The first-order valence-corrected chi connectivity index (χ1v) is 9.03. The molecule has 10 heteroatoms. The van der Waals surface area contributed by atoms with Gasteiger partial charge in [0.25, 0.3) is 15.9 Å². The molecule has 0 saturated carbocycles. The van der Waals surface area contributed by atoms with Crippen molar-refractivity contribution >= 4 is 21.6 Å². The van der Waals surface area contributed by atoms with Crippen LogP contribution in [-0.4, -0.2) is 27.0 Å². The molecule has 142 valence electrons. The molecular weight excluding hydrogens is 383 g/mol. The SMILES string of the molecule is N#CCc1ccc(NS(=O)(=O)c2ccc(C(=O)NCC(F)(F)F)cc2)cc1. The summed E-state index contributed by atoms with van der Waals surface area (Å²) in [6.45, 7) is -1.48. The van der Waals surface area contributed by atoms with Crippen LogP contribution < -0.4 is 10.0 Å². The van der Waals surface area contributed by atoms with Gasteiger partial charge in [-0.2, -0.15) is 18.4 Å². The molecule has 0 saturated heterocycles. The van der Waals surface area contributed by atoms with Gasteiger partial charge in [-0.3, -0.25) is 9.52 Å². The number of halogens is 3. The molecule has 0 aromatic heterocycles. The van der Waals surface area contributed by atoms with E-state index < -0.39 is 28.7 Å². The number of amides is 1. The molecule has 2 rings (SSSR count). The van der Waals surface area contributed by atoms with E-state index in [0.29, 0.717) is 0 Å². The number of alkyl halides is 3. The first-order chi connectivity index (χ1) is 12.6. The van der Waals surface area contributed by atoms with E-state index in [9.17, 15) is 26.4 Å². The number of rotatable bonds is 6. The van der Waals surface area contributed by atoms with Crippen molar-refractivity contribution in [2.75, 3.05) is 11.3 Å². The van der Waals surface area contributed by atoms with Gasteiger partial charge in [0.05, 0.1) is 17.4 Å². The van der Waals surface area contributed by atoms with Crippen LogP contribution >= 0.6 is 0 Å². The van der Waals surface area contributed by atoms with Gasteiger partial charge in [-0.1, -0.05) is 12.1 Å². The lowest BCUT2D eigenvalue weighted by Gasteiger charge is -2.10. The second-order valence-electron chi connectivity index (χ2n) is 5.46. The molecule has 27 heavy (non-hydrogen) atoms. The highest BCUT2D eigenvalue weighted by molar-refractivity contribution is 7.92. The van der Waals surface area contributed by atoms with Gasteiger partial charge in [0.15, 0.2) is 0 Å². The summed E-state index contributed by atoms with van der Waals surface area (Å²) in [5.41, 5.74) is 0.914. The maximum atomic E-state index is 12.3. The van der Waals surface area contributed by atoms with Crippen molar-refractivity contribution in [1.29, 1.82) is 5.26 Å². The fourth-order valence-electron chi connectivity index (χ4n) is 2.06. The van der Waals surface area contributed by atoms with Crippen LogP contribution in [0.4, 0.5) is 18.9 Å². The van der Waals surface area contributed by atoms with E-state index in [1.165, 1.54) is 12.1 Å². The van der Waals surface area contributed by atoms with Crippen LogP contribution in [0, 0.1) is 11.3 Å². The molecular formula is C17H14F3N3O3S. The molecule has 0 fully saturated rings. The Kier molecular flexibility index (Phi) is 6.07. The number of hydrogen-bond acceptors (Lipinski definition) is 4. The van der Waals surface area contributed by atoms with Gasteiger partial charge in [0, 0.05) is 11.3 Å². The molecule has 2 aromatic carbocycles. The average molecular weight is 397 g/mol. The molecule has 0 radical (unpaired) electrons. The maximum absolute atomic E-state index is 12.3. The number of nitriles is 1. The fourth-order valence-corrected chi connectivity index (χ4v) is 3.12. The summed E-state index contributed by atoms with van der Waals surface area (Å²) in [6, 6.07) is 12.7. The third-order valence-electron chi connectivity index (χ3n) is 3.37. The van der Waals surface area contributed by atoms with Crippen LogP contribution in [0.15, 0.2) is 53.4 Å². The van der Waals surface area contributed by atoms with E-state index in [0.717, 1.165) is 29.8 Å². The fraction of sp³-hybridized carbons (Fsp3) is 0.176. The molecule has 0 spiro atoms. The molecule has 1 amide bonds. The number of nitrogens with zero attached hydrogens (tertiary/aromatic N) is 1. The number of carbonyl (C=O) groups is 1. The molecule has 0 unspecified atom stereocenters. The third-order valence-corrected chi connectivity index (χ3v) is 4.76. The molecule has 0 aliphatic rings. The van der Waals surface area contributed by atoms with Crippen molar-refractivity contribution in [1.82, 2.24) is 5.32 Å². The van der Waals surface area contributed by atoms with Crippen LogP contribution in [0.1, 0.15) is 15.9 Å². The van der Waals surface area contributed by atoms with E-state index in [4.69, 9.17) is 5.26 Å². The van der Waals surface area contributed by atoms with Gasteiger partial charge < -0.3 is 5.32 Å². The van der Waals surface area contributed by atoms with Crippen molar-refractivity contribution in [3.05, 3.63) is 59.7 Å². The second-order valence-corrected chi connectivity index (χ2v) is 7.14. The lowest BCUT2D eigenvalue weighted by molar-refractivity contribution is -0.123. The molecule has 0 aliphatic carbocycles. The minimum Gasteiger partial charge on any atom is -0.343 e. The Morgan fingerprint density at radius 2 is 1.63 bits per heavy atom. The van der Waals surface area contributed by atoms with Crippen LogP contribution in [-0.2, 0) is 16.4 Å². The van der Waals surface area contributed by atoms with Gasteiger partial charge in [-0.05, 0) is 42.0 Å². The largest absolute Gasteiger partial charge is 0.405 e. The Morgan fingerprint density at radius 1 is 1.04 bits per heavy atom. The minimum absolute atomic E-state index is 0.0981. The smallest absolute Gasteiger partial charge is 0.343 e. The van der Waals surface area contributed by atoms with E-state index >= 15 is 0 Å². The summed E-state index contributed by atoms with van der Waals surface area (Å²) in [7, 11) is -3.94. The Morgan fingerprint density at radius 3 is 2.15 bits per heavy atom. The van der Waals surface area contributed by atoms with Crippen molar-refractivity contribution in [3.8, 4) is 6.07 Å². The maximum Gasteiger partial charge on any atom is 0.405 e. The Hall–Kier alpha value is -3.06. The van der Waals surface area contributed by atoms with E-state index in [2.05, 4.69) is 4.72 Å². The third kappa shape index (κ3) is 6.00. The van der Waals surface area contributed by atoms with E-state index in [-0.39, 0.29) is 22.6 Å². The summed E-state index contributed by atoms with van der Waals surface area (Å²) in [4.78, 5) is 11.5. The molecule has 0 heterocycles. The summed E-state index contributed by atoms with van der Waals surface area (Å²) in [5.74, 6) is -0.961.